The van der Waals surface area contributed by atoms with Gasteiger partial charge in [-0.2, -0.15) is 0 Å². The SMILES string of the molecule is O=C(CNC(=O)c1cccs1)NCCO. The van der Waals surface area contributed by atoms with Gasteiger partial charge >= 0.3 is 0 Å². The lowest BCUT2D eigenvalue weighted by Gasteiger charge is -2.04. The summed E-state index contributed by atoms with van der Waals surface area (Å²) in [6.45, 7) is 0.0229. The van der Waals surface area contributed by atoms with E-state index in [0.717, 1.165) is 0 Å². The molecule has 5 nitrogen and oxygen atoms in total. The van der Waals surface area contributed by atoms with E-state index < -0.39 is 0 Å². The lowest BCUT2D eigenvalue weighted by molar-refractivity contribution is -0.120. The number of carbonyl (C=O) groups excluding carboxylic acids is 2. The van der Waals surface area contributed by atoms with Gasteiger partial charge < -0.3 is 15.7 Å². The third kappa shape index (κ3) is 4.09. The first kappa shape index (κ1) is 11.7. The van der Waals surface area contributed by atoms with Crippen molar-refractivity contribution in [1.82, 2.24) is 10.6 Å². The topological polar surface area (TPSA) is 78.4 Å². The molecule has 0 bridgehead atoms. The average Bonchev–Trinajstić information content (AvgIpc) is 2.76. The summed E-state index contributed by atoms with van der Waals surface area (Å²) in [6, 6.07) is 3.46. The first-order chi connectivity index (χ1) is 7.24. The van der Waals surface area contributed by atoms with Crippen molar-refractivity contribution in [3.8, 4) is 0 Å². The Kier molecular flexibility index (Phi) is 4.79. The summed E-state index contributed by atoms with van der Waals surface area (Å²) in [5, 5.41) is 15.1. The molecule has 82 valence electrons. The molecule has 0 unspecified atom stereocenters. The van der Waals surface area contributed by atoms with Crippen molar-refractivity contribution in [3.05, 3.63) is 22.4 Å². The lowest BCUT2D eigenvalue weighted by atomic mass is 10.4. The summed E-state index contributed by atoms with van der Waals surface area (Å²) in [6.07, 6.45) is 0. The Bertz CT molecular complexity index is 324. The van der Waals surface area contributed by atoms with Crippen LogP contribution < -0.4 is 10.6 Å². The first-order valence-corrected chi connectivity index (χ1v) is 5.31. The van der Waals surface area contributed by atoms with Crippen LogP contribution in [-0.2, 0) is 4.79 Å². The molecule has 0 aliphatic carbocycles. The number of nitrogens with one attached hydrogen (secondary N) is 2. The van der Waals surface area contributed by atoms with E-state index in [1.807, 2.05) is 0 Å². The molecule has 2 amide bonds. The first-order valence-electron chi connectivity index (χ1n) is 4.43. The fourth-order valence-electron chi connectivity index (χ4n) is 0.913. The lowest BCUT2D eigenvalue weighted by Crippen LogP contribution is -2.37. The van der Waals surface area contributed by atoms with E-state index in [1.54, 1.807) is 17.5 Å². The Labute approximate surface area is 91.1 Å². The average molecular weight is 228 g/mol. The van der Waals surface area contributed by atoms with E-state index >= 15 is 0 Å². The molecule has 1 rings (SSSR count). The highest BCUT2D eigenvalue weighted by Crippen LogP contribution is 2.07. The number of aliphatic hydroxyl groups excluding tert-OH is 1. The summed E-state index contributed by atoms with van der Waals surface area (Å²) in [4.78, 5) is 23.0. The minimum Gasteiger partial charge on any atom is -0.395 e. The van der Waals surface area contributed by atoms with Gasteiger partial charge in [0.25, 0.3) is 5.91 Å². The van der Waals surface area contributed by atoms with E-state index in [0.29, 0.717) is 4.88 Å². The van der Waals surface area contributed by atoms with Gasteiger partial charge in [-0.3, -0.25) is 9.59 Å². The largest absolute Gasteiger partial charge is 0.395 e. The van der Waals surface area contributed by atoms with Crippen LogP contribution in [0.4, 0.5) is 0 Å². The number of carbonyl (C=O) groups is 2. The minimum atomic E-state index is -0.311. The highest BCUT2D eigenvalue weighted by atomic mass is 32.1. The number of aliphatic hydroxyl groups is 1. The van der Waals surface area contributed by atoms with E-state index in [2.05, 4.69) is 10.6 Å². The third-order valence-corrected chi connectivity index (χ3v) is 2.46. The zero-order chi connectivity index (χ0) is 11.1. The number of hydrogen-bond donors (Lipinski definition) is 3. The molecule has 0 aliphatic rings. The van der Waals surface area contributed by atoms with Crippen molar-refractivity contribution >= 4 is 23.2 Å². The number of amides is 2. The van der Waals surface area contributed by atoms with Crippen LogP contribution in [-0.4, -0.2) is 36.6 Å². The van der Waals surface area contributed by atoms with E-state index in [9.17, 15) is 9.59 Å². The summed E-state index contributed by atoms with van der Waals surface area (Å²) < 4.78 is 0. The van der Waals surface area contributed by atoms with Crippen molar-refractivity contribution in [2.45, 2.75) is 0 Å². The Balaban J connectivity index is 2.25. The summed E-state index contributed by atoms with van der Waals surface area (Å²) in [7, 11) is 0. The molecule has 1 aromatic rings. The van der Waals surface area contributed by atoms with E-state index in [1.165, 1.54) is 11.3 Å². The molecule has 0 fully saturated rings. The van der Waals surface area contributed by atoms with Crippen molar-refractivity contribution in [3.63, 3.8) is 0 Å². The van der Waals surface area contributed by atoms with Crippen LogP contribution in [0.15, 0.2) is 17.5 Å². The molecule has 1 aromatic heterocycles. The molecule has 0 radical (unpaired) electrons. The Morgan fingerprint density at radius 2 is 2.20 bits per heavy atom. The second-order valence-corrected chi connectivity index (χ2v) is 3.68. The number of hydrogen-bond acceptors (Lipinski definition) is 4. The van der Waals surface area contributed by atoms with Gasteiger partial charge in [-0.1, -0.05) is 6.07 Å². The molecule has 15 heavy (non-hydrogen) atoms. The third-order valence-electron chi connectivity index (χ3n) is 1.59. The maximum Gasteiger partial charge on any atom is 0.261 e. The van der Waals surface area contributed by atoms with Crippen molar-refractivity contribution in [2.75, 3.05) is 19.7 Å². The van der Waals surface area contributed by atoms with Gasteiger partial charge in [0.1, 0.15) is 0 Å². The Hall–Kier alpha value is -1.40. The van der Waals surface area contributed by atoms with Crippen LogP contribution in [0.5, 0.6) is 0 Å². The molecule has 0 spiro atoms. The highest BCUT2D eigenvalue weighted by Gasteiger charge is 2.07. The van der Waals surface area contributed by atoms with Gasteiger partial charge in [0, 0.05) is 6.54 Å². The smallest absolute Gasteiger partial charge is 0.261 e. The van der Waals surface area contributed by atoms with Crippen LogP contribution in [0.1, 0.15) is 9.67 Å². The van der Waals surface area contributed by atoms with Crippen LogP contribution in [0.3, 0.4) is 0 Å². The quantitative estimate of drug-likeness (QED) is 0.641. The molecule has 0 aromatic carbocycles. The summed E-state index contributed by atoms with van der Waals surface area (Å²) >= 11 is 1.32. The van der Waals surface area contributed by atoms with Crippen LogP contribution in [0.25, 0.3) is 0 Å². The molecule has 0 aliphatic heterocycles. The van der Waals surface area contributed by atoms with Crippen molar-refractivity contribution in [1.29, 1.82) is 0 Å². The van der Waals surface area contributed by atoms with Gasteiger partial charge in [-0.25, -0.2) is 0 Å². The Morgan fingerprint density at radius 3 is 2.80 bits per heavy atom. The molecule has 6 heteroatoms. The second-order valence-electron chi connectivity index (χ2n) is 2.73. The summed E-state index contributed by atoms with van der Waals surface area (Å²) in [5.74, 6) is -0.571. The fraction of sp³-hybridized carbons (Fsp3) is 0.333. The number of rotatable bonds is 5. The fourth-order valence-corrected chi connectivity index (χ4v) is 1.55. The predicted molar refractivity (Wildman–Crippen MR) is 56.7 cm³/mol. The standard InChI is InChI=1S/C9H12N2O3S/c12-4-3-10-8(13)6-11-9(14)7-2-1-5-15-7/h1-2,5,12H,3-4,6H2,(H,10,13)(H,11,14). The van der Waals surface area contributed by atoms with Crippen molar-refractivity contribution < 1.29 is 14.7 Å². The van der Waals surface area contributed by atoms with E-state index in [-0.39, 0.29) is 31.5 Å². The van der Waals surface area contributed by atoms with E-state index in [4.69, 9.17) is 5.11 Å². The van der Waals surface area contributed by atoms with Crippen molar-refractivity contribution in [2.24, 2.45) is 0 Å². The molecule has 0 saturated heterocycles. The zero-order valence-corrected chi connectivity index (χ0v) is 8.84. The van der Waals surface area contributed by atoms with Gasteiger partial charge in [0.05, 0.1) is 18.0 Å². The minimum absolute atomic E-state index is 0.0727. The van der Waals surface area contributed by atoms with Crippen LogP contribution in [0, 0.1) is 0 Å². The molecule has 0 atom stereocenters. The highest BCUT2D eigenvalue weighted by molar-refractivity contribution is 7.12. The normalized spacial score (nSPS) is 9.67. The molecule has 3 N–H and O–H groups in total. The summed E-state index contributed by atoms with van der Waals surface area (Å²) in [5.41, 5.74) is 0. The van der Waals surface area contributed by atoms with Crippen LogP contribution >= 0.6 is 11.3 Å². The maximum absolute atomic E-state index is 11.4. The van der Waals surface area contributed by atoms with Crippen LogP contribution in [0.2, 0.25) is 0 Å². The molecular weight excluding hydrogens is 216 g/mol. The molecular formula is C9H12N2O3S. The monoisotopic (exact) mass is 228 g/mol. The van der Waals surface area contributed by atoms with Gasteiger partial charge in [-0.15, -0.1) is 11.3 Å². The van der Waals surface area contributed by atoms with Gasteiger partial charge in [0.15, 0.2) is 0 Å². The maximum atomic E-state index is 11.4. The molecule has 0 saturated carbocycles. The molecule has 1 heterocycles. The Morgan fingerprint density at radius 1 is 1.40 bits per heavy atom. The van der Waals surface area contributed by atoms with Gasteiger partial charge in [0.2, 0.25) is 5.91 Å². The number of thiophene rings is 1. The predicted octanol–water partition coefficient (Wildman–Crippen LogP) is -0.414. The van der Waals surface area contributed by atoms with Gasteiger partial charge in [-0.05, 0) is 11.4 Å². The zero-order valence-electron chi connectivity index (χ0n) is 8.03. The second kappa shape index (κ2) is 6.15.